The number of carboxylic acid groups (broad SMARTS) is 1. The molecule has 1 aromatic carbocycles. The molecule has 0 saturated carbocycles. The van der Waals surface area contributed by atoms with Crippen LogP contribution in [0.15, 0.2) is 24.3 Å². The Morgan fingerprint density at radius 1 is 1.44 bits per heavy atom. The number of anilines is 1. The molecule has 0 spiro atoms. The lowest BCUT2D eigenvalue weighted by molar-refractivity contribution is -0.146. The van der Waals surface area contributed by atoms with Crippen LogP contribution in [0.1, 0.15) is 5.56 Å². The summed E-state index contributed by atoms with van der Waals surface area (Å²) in [6.45, 7) is -0.289. The number of rotatable bonds is 4. The van der Waals surface area contributed by atoms with Gasteiger partial charge in [0, 0.05) is 12.1 Å². The molecule has 1 amide bonds. The van der Waals surface area contributed by atoms with Crippen LogP contribution < -0.4 is 10.6 Å². The number of carbonyl (C=O) groups is 2. The molecule has 2 atom stereocenters. The van der Waals surface area contributed by atoms with Crippen LogP contribution in [0.5, 0.6) is 0 Å². The highest BCUT2D eigenvalue weighted by Gasteiger charge is 2.26. The number of hydrogen-bond donors (Lipinski definition) is 4. The molecule has 1 unspecified atom stereocenters. The van der Waals surface area contributed by atoms with Crippen LogP contribution in [0.3, 0.4) is 0 Å². The molecule has 1 aliphatic heterocycles. The van der Waals surface area contributed by atoms with Crippen molar-refractivity contribution in [1.29, 1.82) is 0 Å². The van der Waals surface area contributed by atoms with Crippen LogP contribution in [-0.4, -0.2) is 40.8 Å². The Labute approximate surface area is 104 Å². The second-order valence-electron chi connectivity index (χ2n) is 4.16. The van der Waals surface area contributed by atoms with Crippen LogP contribution in [0, 0.1) is 0 Å². The van der Waals surface area contributed by atoms with Crippen molar-refractivity contribution in [3.63, 3.8) is 0 Å². The van der Waals surface area contributed by atoms with Gasteiger partial charge in [0.2, 0.25) is 5.91 Å². The molecular weight excluding hydrogens is 236 g/mol. The molecule has 1 aromatic rings. The van der Waals surface area contributed by atoms with Crippen molar-refractivity contribution in [2.75, 3.05) is 11.9 Å². The third-order valence-electron chi connectivity index (χ3n) is 2.84. The number of aliphatic carboxylic acids is 1. The van der Waals surface area contributed by atoms with E-state index in [1.54, 1.807) is 0 Å². The van der Waals surface area contributed by atoms with Crippen molar-refractivity contribution in [3.05, 3.63) is 29.8 Å². The van der Waals surface area contributed by atoms with Crippen molar-refractivity contribution >= 4 is 17.6 Å². The third kappa shape index (κ3) is 2.60. The first kappa shape index (κ1) is 12.4. The molecule has 1 heterocycles. The molecule has 0 aromatic heterocycles. The fraction of sp³-hybridized carbons (Fsp3) is 0.333. The van der Waals surface area contributed by atoms with Gasteiger partial charge in [-0.3, -0.25) is 4.79 Å². The molecule has 0 saturated heterocycles. The van der Waals surface area contributed by atoms with Gasteiger partial charge in [-0.1, -0.05) is 18.2 Å². The monoisotopic (exact) mass is 250 g/mol. The van der Waals surface area contributed by atoms with E-state index in [4.69, 9.17) is 10.2 Å². The summed E-state index contributed by atoms with van der Waals surface area (Å²) < 4.78 is 0. The van der Waals surface area contributed by atoms with E-state index < -0.39 is 18.1 Å². The molecular formula is C12H14N2O4. The number of fused-ring (bicyclic) bond motifs is 1. The number of benzene rings is 1. The lowest BCUT2D eigenvalue weighted by Crippen LogP contribution is -2.43. The zero-order valence-electron chi connectivity index (χ0n) is 9.59. The zero-order chi connectivity index (χ0) is 13.1. The molecule has 96 valence electrons. The van der Waals surface area contributed by atoms with Crippen LogP contribution >= 0.6 is 0 Å². The Morgan fingerprint density at radius 2 is 2.17 bits per heavy atom. The SMILES string of the molecule is O=C(O)C(O)CNC(=O)[C@@H]1Cc2ccccc2N1. The number of nitrogens with one attached hydrogen (secondary N) is 2. The Morgan fingerprint density at radius 3 is 2.83 bits per heavy atom. The topological polar surface area (TPSA) is 98.7 Å². The van der Waals surface area contributed by atoms with Gasteiger partial charge >= 0.3 is 5.97 Å². The molecule has 6 nitrogen and oxygen atoms in total. The molecule has 6 heteroatoms. The number of amides is 1. The van der Waals surface area contributed by atoms with Crippen LogP contribution in [-0.2, 0) is 16.0 Å². The smallest absolute Gasteiger partial charge is 0.334 e. The van der Waals surface area contributed by atoms with Gasteiger partial charge in [-0.05, 0) is 11.6 Å². The van der Waals surface area contributed by atoms with E-state index in [1.807, 2.05) is 24.3 Å². The molecule has 0 fully saturated rings. The predicted octanol–water partition coefficient (Wildman–Crippen LogP) is -0.415. The molecule has 0 bridgehead atoms. The Bertz CT molecular complexity index is 450. The summed E-state index contributed by atoms with van der Waals surface area (Å²) in [6.07, 6.45) is -1.01. The molecule has 0 aliphatic carbocycles. The maximum absolute atomic E-state index is 11.8. The van der Waals surface area contributed by atoms with Gasteiger partial charge in [0.05, 0.1) is 6.54 Å². The van der Waals surface area contributed by atoms with Crippen LogP contribution in [0.2, 0.25) is 0 Å². The van der Waals surface area contributed by atoms with Crippen molar-refractivity contribution in [1.82, 2.24) is 5.32 Å². The minimum absolute atomic E-state index is 0.289. The summed E-state index contributed by atoms with van der Waals surface area (Å²) >= 11 is 0. The Balaban J connectivity index is 1.88. The maximum atomic E-state index is 11.8. The average Bonchev–Trinajstić information content (AvgIpc) is 2.79. The van der Waals surface area contributed by atoms with Gasteiger partial charge in [-0.15, -0.1) is 0 Å². The summed E-state index contributed by atoms with van der Waals surface area (Å²) in [4.78, 5) is 22.2. The summed E-state index contributed by atoms with van der Waals surface area (Å²) in [6, 6.07) is 7.18. The molecule has 2 rings (SSSR count). The maximum Gasteiger partial charge on any atom is 0.334 e. The van der Waals surface area contributed by atoms with Gasteiger partial charge in [0.1, 0.15) is 6.04 Å². The van der Waals surface area contributed by atoms with E-state index in [2.05, 4.69) is 10.6 Å². The number of carboxylic acids is 1. The lowest BCUT2D eigenvalue weighted by Gasteiger charge is -2.13. The second kappa shape index (κ2) is 5.05. The highest BCUT2D eigenvalue weighted by atomic mass is 16.4. The molecule has 4 N–H and O–H groups in total. The highest BCUT2D eigenvalue weighted by molar-refractivity contribution is 5.87. The van der Waals surface area contributed by atoms with E-state index in [0.717, 1.165) is 11.3 Å². The first-order valence-corrected chi connectivity index (χ1v) is 5.61. The zero-order valence-corrected chi connectivity index (χ0v) is 9.59. The van der Waals surface area contributed by atoms with E-state index in [9.17, 15) is 9.59 Å². The predicted molar refractivity (Wildman–Crippen MR) is 64.2 cm³/mol. The third-order valence-corrected chi connectivity index (χ3v) is 2.84. The average molecular weight is 250 g/mol. The van der Waals surface area contributed by atoms with Crippen molar-refractivity contribution in [3.8, 4) is 0 Å². The van der Waals surface area contributed by atoms with Crippen LogP contribution in [0.25, 0.3) is 0 Å². The van der Waals surface area contributed by atoms with Gasteiger partial charge in [-0.2, -0.15) is 0 Å². The van der Waals surface area contributed by atoms with Crippen LogP contribution in [0.4, 0.5) is 5.69 Å². The van der Waals surface area contributed by atoms with Gasteiger partial charge in [0.15, 0.2) is 6.10 Å². The van der Waals surface area contributed by atoms with Crippen molar-refractivity contribution < 1.29 is 19.8 Å². The van der Waals surface area contributed by atoms with E-state index in [-0.39, 0.29) is 12.5 Å². The normalized spacial score (nSPS) is 18.6. The van der Waals surface area contributed by atoms with E-state index >= 15 is 0 Å². The number of para-hydroxylation sites is 1. The summed E-state index contributed by atoms with van der Waals surface area (Å²) in [5.41, 5.74) is 1.97. The highest BCUT2D eigenvalue weighted by Crippen LogP contribution is 2.24. The largest absolute Gasteiger partial charge is 0.479 e. The number of carbonyl (C=O) groups excluding carboxylic acids is 1. The minimum atomic E-state index is -1.57. The number of hydrogen-bond acceptors (Lipinski definition) is 4. The second-order valence-corrected chi connectivity index (χ2v) is 4.16. The Kier molecular flexibility index (Phi) is 3.47. The first-order chi connectivity index (χ1) is 8.58. The van der Waals surface area contributed by atoms with E-state index in [1.165, 1.54) is 0 Å². The van der Waals surface area contributed by atoms with Crippen molar-refractivity contribution in [2.45, 2.75) is 18.6 Å². The molecule has 18 heavy (non-hydrogen) atoms. The number of aliphatic hydroxyl groups is 1. The summed E-state index contributed by atoms with van der Waals surface area (Å²) in [5.74, 6) is -1.66. The van der Waals surface area contributed by atoms with Gasteiger partial charge < -0.3 is 20.8 Å². The fourth-order valence-corrected chi connectivity index (χ4v) is 1.86. The standard InChI is InChI=1S/C12H14N2O4/c15-10(12(17)18)6-13-11(16)9-5-7-3-1-2-4-8(7)14-9/h1-4,9-10,14-15H,5-6H2,(H,13,16)(H,17,18)/t9-,10?/m0/s1. The minimum Gasteiger partial charge on any atom is -0.479 e. The fourth-order valence-electron chi connectivity index (χ4n) is 1.86. The van der Waals surface area contributed by atoms with E-state index in [0.29, 0.717) is 6.42 Å². The van der Waals surface area contributed by atoms with Gasteiger partial charge in [0.25, 0.3) is 0 Å². The first-order valence-electron chi connectivity index (χ1n) is 5.61. The quantitative estimate of drug-likeness (QED) is 0.582. The summed E-state index contributed by atoms with van der Waals surface area (Å²) in [7, 11) is 0. The lowest BCUT2D eigenvalue weighted by atomic mass is 10.1. The summed E-state index contributed by atoms with van der Waals surface area (Å²) in [5, 5.41) is 23.0. The Hall–Kier alpha value is -2.08. The number of aliphatic hydroxyl groups excluding tert-OH is 1. The molecule has 0 radical (unpaired) electrons. The van der Waals surface area contributed by atoms with Gasteiger partial charge in [-0.25, -0.2) is 4.79 Å². The molecule has 1 aliphatic rings. The van der Waals surface area contributed by atoms with Crippen molar-refractivity contribution in [2.24, 2.45) is 0 Å².